The maximum absolute atomic E-state index is 12.4. The van der Waals surface area contributed by atoms with E-state index in [2.05, 4.69) is 43.5 Å². The molecule has 6 heteroatoms. The van der Waals surface area contributed by atoms with Gasteiger partial charge in [-0.3, -0.25) is 9.59 Å². The maximum atomic E-state index is 12.4. The average molecular weight is 818 g/mol. The summed E-state index contributed by atoms with van der Waals surface area (Å²) in [6.45, 7) is 4.89. The van der Waals surface area contributed by atoms with Gasteiger partial charge in [-0.25, -0.2) is 0 Å². The van der Waals surface area contributed by atoms with E-state index in [-0.39, 0.29) is 18.5 Å². The van der Waals surface area contributed by atoms with E-state index in [1.54, 1.807) is 0 Å². The minimum absolute atomic E-state index is 0.0179. The fourth-order valence-corrected chi connectivity index (χ4v) is 7.74. The lowest BCUT2D eigenvalue weighted by Gasteiger charge is -2.22. The lowest BCUT2D eigenvalue weighted by atomic mass is 10.0. The van der Waals surface area contributed by atoms with Gasteiger partial charge in [-0.1, -0.05) is 205 Å². The van der Waals surface area contributed by atoms with Crippen LogP contribution in [-0.4, -0.2) is 47.4 Å². The molecule has 1 amide bonds. The standard InChI is InChI=1S/C52H99NO5/c1-3-5-7-9-11-13-15-16-17-20-23-26-30-34-38-42-46-52(57)58-47-43-39-35-31-27-24-21-18-19-22-25-29-33-37-41-45-51(56)53-49(48-54)50(55)44-40-36-32-28-14-12-10-8-6-4-2/h17,20-21,24,49-50,54-55H,3-16,18-19,22-23,25-48H2,1-2H3,(H,53,56)/b20-17-,24-21-. The molecule has 0 rings (SSSR count). The van der Waals surface area contributed by atoms with Gasteiger partial charge >= 0.3 is 5.97 Å². The van der Waals surface area contributed by atoms with Crippen LogP contribution in [0.15, 0.2) is 24.3 Å². The Bertz CT molecular complexity index is 904. The average Bonchev–Trinajstić information content (AvgIpc) is 3.22. The van der Waals surface area contributed by atoms with Crippen molar-refractivity contribution in [1.82, 2.24) is 5.32 Å². The molecule has 58 heavy (non-hydrogen) atoms. The van der Waals surface area contributed by atoms with Gasteiger partial charge in [0, 0.05) is 12.8 Å². The van der Waals surface area contributed by atoms with E-state index < -0.39 is 12.1 Å². The Labute approximate surface area is 361 Å². The molecule has 2 unspecified atom stereocenters. The number of carbonyl (C=O) groups is 2. The molecule has 0 aliphatic rings. The third-order valence-electron chi connectivity index (χ3n) is 11.7. The van der Waals surface area contributed by atoms with Crippen molar-refractivity contribution in [3.05, 3.63) is 24.3 Å². The van der Waals surface area contributed by atoms with Crippen molar-refractivity contribution < 1.29 is 24.5 Å². The van der Waals surface area contributed by atoms with Gasteiger partial charge in [-0.05, 0) is 77.0 Å². The molecule has 342 valence electrons. The molecule has 0 aromatic rings. The normalized spacial score (nSPS) is 12.8. The van der Waals surface area contributed by atoms with Gasteiger partial charge in [0.15, 0.2) is 0 Å². The number of hydrogen-bond donors (Lipinski definition) is 3. The zero-order valence-electron chi connectivity index (χ0n) is 38.8. The summed E-state index contributed by atoms with van der Waals surface area (Å²) >= 11 is 0. The van der Waals surface area contributed by atoms with Crippen LogP contribution in [0.3, 0.4) is 0 Å². The first-order chi connectivity index (χ1) is 28.5. The van der Waals surface area contributed by atoms with Crippen LogP contribution < -0.4 is 5.32 Å². The van der Waals surface area contributed by atoms with Gasteiger partial charge in [0.2, 0.25) is 5.91 Å². The zero-order chi connectivity index (χ0) is 42.3. The molecule has 0 aliphatic heterocycles. The van der Waals surface area contributed by atoms with Crippen molar-refractivity contribution in [1.29, 1.82) is 0 Å². The maximum Gasteiger partial charge on any atom is 0.305 e. The number of allylic oxidation sites excluding steroid dienone is 4. The van der Waals surface area contributed by atoms with Crippen molar-refractivity contribution in [2.45, 2.75) is 283 Å². The van der Waals surface area contributed by atoms with Crippen LogP contribution in [0.2, 0.25) is 0 Å². The van der Waals surface area contributed by atoms with Crippen LogP contribution >= 0.6 is 0 Å². The first-order valence-electron chi connectivity index (χ1n) is 25.6. The fourth-order valence-electron chi connectivity index (χ4n) is 7.74. The molecular formula is C52H99NO5. The van der Waals surface area contributed by atoms with E-state index in [4.69, 9.17) is 4.74 Å². The van der Waals surface area contributed by atoms with Gasteiger partial charge in [0.1, 0.15) is 0 Å². The summed E-state index contributed by atoms with van der Waals surface area (Å²) in [5, 5.41) is 23.1. The number of rotatable bonds is 47. The Morgan fingerprint density at radius 1 is 0.466 bits per heavy atom. The van der Waals surface area contributed by atoms with E-state index >= 15 is 0 Å². The Morgan fingerprint density at radius 2 is 0.810 bits per heavy atom. The summed E-state index contributed by atoms with van der Waals surface area (Å²) in [6.07, 6.45) is 55.8. The number of aliphatic hydroxyl groups excluding tert-OH is 2. The molecule has 0 heterocycles. The Morgan fingerprint density at radius 3 is 1.22 bits per heavy atom. The minimum atomic E-state index is -0.672. The Hall–Kier alpha value is -1.66. The minimum Gasteiger partial charge on any atom is -0.466 e. The van der Waals surface area contributed by atoms with Crippen LogP contribution in [-0.2, 0) is 14.3 Å². The van der Waals surface area contributed by atoms with Crippen molar-refractivity contribution in [2.75, 3.05) is 13.2 Å². The van der Waals surface area contributed by atoms with E-state index in [9.17, 15) is 19.8 Å². The lowest BCUT2D eigenvalue weighted by molar-refractivity contribution is -0.143. The van der Waals surface area contributed by atoms with E-state index in [1.807, 2.05) is 0 Å². The topological polar surface area (TPSA) is 95.9 Å². The highest BCUT2D eigenvalue weighted by molar-refractivity contribution is 5.76. The number of hydrogen-bond acceptors (Lipinski definition) is 5. The highest BCUT2D eigenvalue weighted by Gasteiger charge is 2.20. The highest BCUT2D eigenvalue weighted by atomic mass is 16.5. The first-order valence-corrected chi connectivity index (χ1v) is 25.6. The molecule has 0 saturated heterocycles. The van der Waals surface area contributed by atoms with Crippen molar-refractivity contribution >= 4 is 11.9 Å². The number of ether oxygens (including phenoxy) is 1. The molecule has 0 radical (unpaired) electrons. The molecular weight excluding hydrogens is 719 g/mol. The number of amides is 1. The Balaban J connectivity index is 3.46. The third-order valence-corrected chi connectivity index (χ3v) is 11.7. The number of carbonyl (C=O) groups excluding carboxylic acids is 2. The zero-order valence-corrected chi connectivity index (χ0v) is 38.8. The van der Waals surface area contributed by atoms with Crippen LogP contribution in [0.25, 0.3) is 0 Å². The smallest absolute Gasteiger partial charge is 0.305 e. The predicted octanol–water partition coefficient (Wildman–Crippen LogP) is 15.1. The van der Waals surface area contributed by atoms with Gasteiger partial charge in [-0.15, -0.1) is 0 Å². The molecule has 0 aliphatic carbocycles. The van der Waals surface area contributed by atoms with Crippen LogP contribution in [0, 0.1) is 0 Å². The number of nitrogens with one attached hydrogen (secondary N) is 1. The van der Waals surface area contributed by atoms with Gasteiger partial charge in [0.25, 0.3) is 0 Å². The van der Waals surface area contributed by atoms with E-state index in [0.29, 0.717) is 25.9 Å². The second-order valence-electron chi connectivity index (χ2n) is 17.5. The SMILES string of the molecule is CCCCCCCCC/C=C\CCCCCCCC(=O)OCCCCCC/C=C\CCCCCCCCCC(=O)NC(CO)C(O)CCCCCCCCCCCC. The van der Waals surface area contributed by atoms with Crippen LogP contribution in [0.1, 0.15) is 271 Å². The quantitative estimate of drug-likeness (QED) is 0.0323. The summed E-state index contributed by atoms with van der Waals surface area (Å²) in [4.78, 5) is 24.4. The van der Waals surface area contributed by atoms with E-state index in [1.165, 1.54) is 167 Å². The molecule has 0 aromatic carbocycles. The molecule has 0 bridgehead atoms. The van der Waals surface area contributed by atoms with Gasteiger partial charge < -0.3 is 20.3 Å². The monoisotopic (exact) mass is 818 g/mol. The molecule has 6 nitrogen and oxygen atoms in total. The largest absolute Gasteiger partial charge is 0.466 e. The molecule has 0 saturated carbocycles. The number of esters is 1. The molecule has 0 spiro atoms. The highest BCUT2D eigenvalue weighted by Crippen LogP contribution is 2.15. The second-order valence-corrected chi connectivity index (χ2v) is 17.5. The van der Waals surface area contributed by atoms with Gasteiger partial charge in [-0.2, -0.15) is 0 Å². The second kappa shape index (κ2) is 48.0. The van der Waals surface area contributed by atoms with Crippen LogP contribution in [0.4, 0.5) is 0 Å². The van der Waals surface area contributed by atoms with E-state index in [0.717, 1.165) is 70.6 Å². The molecule has 3 N–H and O–H groups in total. The summed E-state index contributed by atoms with van der Waals surface area (Å²) in [7, 11) is 0. The lowest BCUT2D eigenvalue weighted by Crippen LogP contribution is -2.45. The predicted molar refractivity (Wildman–Crippen MR) is 250 cm³/mol. The molecule has 0 aromatic heterocycles. The fraction of sp³-hybridized carbons (Fsp3) is 0.885. The summed E-state index contributed by atoms with van der Waals surface area (Å²) < 4.78 is 5.45. The van der Waals surface area contributed by atoms with Crippen molar-refractivity contribution in [3.63, 3.8) is 0 Å². The van der Waals surface area contributed by atoms with Crippen molar-refractivity contribution in [3.8, 4) is 0 Å². The number of unbranched alkanes of at least 4 members (excludes halogenated alkanes) is 32. The summed E-state index contributed by atoms with van der Waals surface area (Å²) in [5.41, 5.74) is 0. The number of aliphatic hydroxyl groups is 2. The van der Waals surface area contributed by atoms with Gasteiger partial charge in [0.05, 0.1) is 25.4 Å². The summed E-state index contributed by atoms with van der Waals surface area (Å²) in [5.74, 6) is -0.0705. The summed E-state index contributed by atoms with van der Waals surface area (Å²) in [6, 6.07) is -0.551. The molecule has 0 fully saturated rings. The third kappa shape index (κ3) is 43.9. The Kier molecular flexibility index (Phi) is 46.6. The molecule has 2 atom stereocenters. The first kappa shape index (κ1) is 56.3. The van der Waals surface area contributed by atoms with Crippen molar-refractivity contribution in [2.24, 2.45) is 0 Å². The van der Waals surface area contributed by atoms with Crippen LogP contribution in [0.5, 0.6) is 0 Å².